The molecule has 5 aromatic rings. The van der Waals surface area contributed by atoms with Crippen LogP contribution in [0, 0.1) is 13.8 Å². The van der Waals surface area contributed by atoms with E-state index >= 15 is 0 Å². The topological polar surface area (TPSA) is 101 Å². The Morgan fingerprint density at radius 3 is 2.34 bits per heavy atom. The zero-order valence-corrected chi connectivity index (χ0v) is 27.9. The molecule has 9 nitrogen and oxygen atoms in total. The first-order valence-corrected chi connectivity index (χ1v) is 16.2. The Hall–Kier alpha value is -5.22. The molecule has 47 heavy (non-hydrogen) atoms. The molecular formula is C37H35N3O6S. The van der Waals surface area contributed by atoms with E-state index in [1.165, 1.54) is 11.3 Å². The molecule has 0 amide bonds. The van der Waals surface area contributed by atoms with Crippen LogP contribution in [0.5, 0.6) is 5.75 Å². The number of fused-ring (bicyclic) bond motifs is 2. The van der Waals surface area contributed by atoms with Gasteiger partial charge in [0.15, 0.2) is 4.80 Å². The van der Waals surface area contributed by atoms with Gasteiger partial charge in [0.2, 0.25) is 0 Å². The fraction of sp³-hybridized carbons (Fsp3) is 0.243. The first-order valence-electron chi connectivity index (χ1n) is 15.4. The minimum Gasteiger partial charge on any atom is -0.496 e. The van der Waals surface area contributed by atoms with Crippen molar-refractivity contribution in [2.24, 2.45) is 4.99 Å². The molecule has 0 saturated carbocycles. The van der Waals surface area contributed by atoms with Crippen LogP contribution in [0.2, 0.25) is 0 Å². The van der Waals surface area contributed by atoms with Crippen LogP contribution in [0.4, 0.5) is 0 Å². The number of allylic oxidation sites excluding steroid dienone is 1. The van der Waals surface area contributed by atoms with E-state index in [1.807, 2.05) is 74.5 Å². The Kier molecular flexibility index (Phi) is 8.70. The monoisotopic (exact) mass is 649 g/mol. The van der Waals surface area contributed by atoms with Crippen LogP contribution in [-0.4, -0.2) is 41.4 Å². The average molecular weight is 650 g/mol. The van der Waals surface area contributed by atoms with Crippen LogP contribution < -0.4 is 19.6 Å². The van der Waals surface area contributed by atoms with Gasteiger partial charge in [0.05, 0.1) is 41.7 Å². The Morgan fingerprint density at radius 2 is 1.64 bits per heavy atom. The summed E-state index contributed by atoms with van der Waals surface area (Å²) in [6, 6.07) is 20.1. The highest BCUT2D eigenvalue weighted by Gasteiger charge is 2.36. The number of thiazole rings is 1. The Balaban J connectivity index is 1.53. The Bertz CT molecular complexity index is 2260. The number of benzene rings is 3. The number of carbonyl (C=O) groups excluding carboxylic acids is 2. The van der Waals surface area contributed by atoms with Crippen LogP contribution in [0.3, 0.4) is 0 Å². The molecule has 10 heteroatoms. The van der Waals surface area contributed by atoms with E-state index in [0.717, 1.165) is 33.4 Å². The lowest BCUT2D eigenvalue weighted by Crippen LogP contribution is -2.40. The van der Waals surface area contributed by atoms with E-state index in [9.17, 15) is 14.4 Å². The number of ether oxygens (including phenoxy) is 3. The average Bonchev–Trinajstić information content (AvgIpc) is 3.52. The lowest BCUT2D eigenvalue weighted by atomic mass is 9.90. The van der Waals surface area contributed by atoms with Gasteiger partial charge in [0.1, 0.15) is 11.8 Å². The Morgan fingerprint density at radius 1 is 0.936 bits per heavy atom. The highest BCUT2D eigenvalue weighted by Crippen LogP contribution is 2.40. The summed E-state index contributed by atoms with van der Waals surface area (Å²) in [5.41, 5.74) is 5.32. The van der Waals surface area contributed by atoms with Gasteiger partial charge >= 0.3 is 11.9 Å². The second-order valence-corrected chi connectivity index (χ2v) is 12.1. The minimum atomic E-state index is -0.821. The number of hydrogen-bond acceptors (Lipinski definition) is 8. The third kappa shape index (κ3) is 5.59. The molecule has 0 radical (unpaired) electrons. The molecule has 0 bridgehead atoms. The molecule has 240 valence electrons. The summed E-state index contributed by atoms with van der Waals surface area (Å²) in [6.45, 7) is 9.77. The largest absolute Gasteiger partial charge is 0.496 e. The maximum absolute atomic E-state index is 14.4. The predicted molar refractivity (Wildman–Crippen MR) is 182 cm³/mol. The van der Waals surface area contributed by atoms with E-state index in [1.54, 1.807) is 44.6 Å². The van der Waals surface area contributed by atoms with Crippen molar-refractivity contribution in [3.8, 4) is 11.4 Å². The second kappa shape index (κ2) is 12.9. The molecule has 3 heterocycles. The summed E-state index contributed by atoms with van der Waals surface area (Å²) in [5, 5.41) is 1.81. The van der Waals surface area contributed by atoms with Crippen molar-refractivity contribution >= 4 is 40.1 Å². The quantitative estimate of drug-likeness (QED) is 0.205. The smallest absolute Gasteiger partial charge is 0.338 e. The molecule has 0 spiro atoms. The van der Waals surface area contributed by atoms with Gasteiger partial charge in [-0.2, -0.15) is 0 Å². The first kappa shape index (κ1) is 31.7. The third-order valence-corrected chi connectivity index (χ3v) is 9.32. The molecule has 0 N–H and O–H groups in total. The summed E-state index contributed by atoms with van der Waals surface area (Å²) in [5.74, 6) is -0.338. The fourth-order valence-corrected chi connectivity index (χ4v) is 7.27. The number of methoxy groups -OCH3 is 1. The van der Waals surface area contributed by atoms with E-state index in [0.29, 0.717) is 44.1 Å². The Labute approximate surface area is 275 Å². The molecule has 1 aliphatic heterocycles. The van der Waals surface area contributed by atoms with Gasteiger partial charge < -0.3 is 18.8 Å². The lowest BCUT2D eigenvalue weighted by Gasteiger charge is -2.27. The molecule has 0 saturated heterocycles. The maximum Gasteiger partial charge on any atom is 0.338 e. The second-order valence-electron chi connectivity index (χ2n) is 11.1. The maximum atomic E-state index is 14.4. The number of nitrogens with zero attached hydrogens (tertiary/aromatic N) is 3. The van der Waals surface area contributed by atoms with Crippen LogP contribution >= 0.6 is 11.3 Å². The van der Waals surface area contributed by atoms with Crippen molar-refractivity contribution in [3.05, 3.63) is 126 Å². The predicted octanol–water partition coefficient (Wildman–Crippen LogP) is 5.54. The number of rotatable bonds is 8. The van der Waals surface area contributed by atoms with E-state index in [2.05, 4.69) is 4.57 Å². The zero-order valence-electron chi connectivity index (χ0n) is 27.1. The van der Waals surface area contributed by atoms with Gasteiger partial charge in [-0.3, -0.25) is 9.36 Å². The molecule has 0 unspecified atom stereocenters. The zero-order chi connectivity index (χ0) is 33.4. The van der Waals surface area contributed by atoms with Crippen molar-refractivity contribution in [1.29, 1.82) is 0 Å². The summed E-state index contributed by atoms with van der Waals surface area (Å²) in [6.07, 6.45) is 1.87. The molecular weight excluding hydrogens is 614 g/mol. The number of hydrogen-bond donors (Lipinski definition) is 0. The fourth-order valence-electron chi connectivity index (χ4n) is 6.23. The minimum absolute atomic E-state index is 0.181. The van der Waals surface area contributed by atoms with Crippen molar-refractivity contribution in [2.75, 3.05) is 20.3 Å². The van der Waals surface area contributed by atoms with Crippen LogP contribution in [0.15, 0.2) is 87.8 Å². The van der Waals surface area contributed by atoms with Gasteiger partial charge in [0.25, 0.3) is 5.56 Å². The highest BCUT2D eigenvalue weighted by atomic mass is 32.1. The van der Waals surface area contributed by atoms with Crippen LogP contribution in [-0.2, 0) is 14.3 Å². The summed E-state index contributed by atoms with van der Waals surface area (Å²) < 4.78 is 20.6. The SMILES string of the molecule is CCOC(=O)C1=C(C)N=c2s/c(=C/c3cc(C)n(-c4ccc(C(=O)OCC)cc4)c3C)c(=O)n2[C@H]1c1c(OC)ccc2ccccc12. The van der Waals surface area contributed by atoms with Crippen LogP contribution in [0.25, 0.3) is 22.5 Å². The third-order valence-electron chi connectivity index (χ3n) is 8.33. The molecule has 3 aromatic carbocycles. The van der Waals surface area contributed by atoms with Crippen molar-refractivity contribution < 1.29 is 23.8 Å². The van der Waals surface area contributed by atoms with Crippen molar-refractivity contribution in [2.45, 2.75) is 40.7 Å². The molecule has 6 rings (SSSR count). The highest BCUT2D eigenvalue weighted by molar-refractivity contribution is 7.07. The van der Waals surface area contributed by atoms with Gasteiger partial charge in [0, 0.05) is 22.6 Å². The molecule has 0 aliphatic carbocycles. The normalized spacial score (nSPS) is 14.6. The summed E-state index contributed by atoms with van der Waals surface area (Å²) in [4.78, 5) is 45.3. The summed E-state index contributed by atoms with van der Waals surface area (Å²) >= 11 is 1.27. The number of aromatic nitrogens is 2. The van der Waals surface area contributed by atoms with E-state index in [4.69, 9.17) is 19.2 Å². The lowest BCUT2D eigenvalue weighted by molar-refractivity contribution is -0.139. The first-order chi connectivity index (χ1) is 22.7. The van der Waals surface area contributed by atoms with Crippen molar-refractivity contribution in [3.63, 3.8) is 0 Å². The molecule has 0 fully saturated rings. The summed E-state index contributed by atoms with van der Waals surface area (Å²) in [7, 11) is 1.58. The van der Waals surface area contributed by atoms with E-state index in [-0.39, 0.29) is 18.1 Å². The van der Waals surface area contributed by atoms with Gasteiger partial charge in [-0.1, -0.05) is 41.7 Å². The van der Waals surface area contributed by atoms with Gasteiger partial charge in [-0.25, -0.2) is 14.6 Å². The number of aryl methyl sites for hydroxylation is 1. The van der Waals surface area contributed by atoms with Gasteiger partial charge in [-0.15, -0.1) is 0 Å². The van der Waals surface area contributed by atoms with E-state index < -0.39 is 12.0 Å². The standard InChI is InChI=1S/C37H35N3O6S/c1-7-45-35(42)25-13-16-27(17-14-25)39-21(3)19-26(23(39)5)20-30-34(41)40-33(31(36(43)46-8-2)22(4)38-37(40)47-30)32-28-12-10-9-11-24(28)15-18-29(32)44-6/h9-20,33H,7-8H2,1-6H3/b30-20+/t33-/m1/s1. The molecule has 1 aliphatic rings. The number of carbonyl (C=O) groups is 2. The van der Waals surface area contributed by atoms with Crippen molar-refractivity contribution in [1.82, 2.24) is 9.13 Å². The molecule has 2 aromatic heterocycles. The van der Waals surface area contributed by atoms with Crippen LogP contribution in [0.1, 0.15) is 59.7 Å². The molecule has 1 atom stereocenters. The van der Waals surface area contributed by atoms with Gasteiger partial charge in [-0.05, 0) is 93.4 Å². The number of esters is 2.